The maximum atomic E-state index is 7.18. The average Bonchev–Trinajstić information content (AvgIpc) is 2.97. The molecule has 6 rings (SSSR count). The van der Waals surface area contributed by atoms with E-state index in [0.29, 0.717) is 6.10 Å². The Balaban J connectivity index is 1.23. The van der Waals surface area contributed by atoms with Crippen molar-refractivity contribution in [3.63, 3.8) is 0 Å². The first kappa shape index (κ1) is 24.3. The largest absolute Gasteiger partial charge is 0.378 e. The fourth-order valence-corrected chi connectivity index (χ4v) is 11.2. The third kappa shape index (κ3) is 4.91. The lowest BCUT2D eigenvalue weighted by Gasteiger charge is -2.55. The zero-order chi connectivity index (χ0) is 22.9. The second-order valence-corrected chi connectivity index (χ2v) is 14.3. The van der Waals surface area contributed by atoms with E-state index >= 15 is 0 Å². The van der Waals surface area contributed by atoms with E-state index < -0.39 is 0 Å². The van der Waals surface area contributed by atoms with E-state index in [9.17, 15) is 0 Å². The van der Waals surface area contributed by atoms with Gasteiger partial charge in [0.15, 0.2) is 0 Å². The van der Waals surface area contributed by atoms with E-state index in [1.807, 2.05) is 0 Å². The quantitative estimate of drug-likeness (QED) is 0.401. The van der Waals surface area contributed by atoms with Crippen LogP contribution >= 0.6 is 0 Å². The monoisotopic (exact) mass is 468 g/mol. The summed E-state index contributed by atoms with van der Waals surface area (Å²) in [7, 11) is 0. The maximum absolute atomic E-state index is 7.18. The molecule has 0 aromatic heterocycles. The molecule has 1 heteroatoms. The van der Waals surface area contributed by atoms with E-state index in [4.69, 9.17) is 4.74 Å². The summed E-state index contributed by atoms with van der Waals surface area (Å²) in [4.78, 5) is 0. The summed E-state index contributed by atoms with van der Waals surface area (Å²) in [5.41, 5.74) is 0. The number of fused-ring (bicyclic) bond motifs is 7. The Hall–Kier alpha value is -0.0400. The molecule has 9 atom stereocenters. The van der Waals surface area contributed by atoms with Gasteiger partial charge in [0.1, 0.15) is 0 Å². The number of hydrogen-bond acceptors (Lipinski definition) is 1. The highest BCUT2D eigenvalue weighted by Gasteiger charge is 2.52. The zero-order valence-electron chi connectivity index (χ0n) is 22.6. The Kier molecular flexibility index (Phi) is 7.97. The standard InChI is InChI=1S/C33H56O/c1-2-7-23-12-14-24(15-13-23)28-19-18-27-17-16-25-8-3-5-10-29(25)32(27)33-30-11-6-4-9-26(30)20-21-31(33)34-22-28/h23-33H,2-22H2,1H3. The first-order valence-corrected chi connectivity index (χ1v) is 16.4. The molecular weight excluding hydrogens is 412 g/mol. The maximum Gasteiger partial charge on any atom is 0.0609 e. The Bertz CT molecular complexity index is 592. The molecule has 6 fully saturated rings. The van der Waals surface area contributed by atoms with Gasteiger partial charge in [0.25, 0.3) is 0 Å². The number of hydrogen-bond donors (Lipinski definition) is 0. The summed E-state index contributed by atoms with van der Waals surface area (Å²) in [5.74, 6) is 10.1. The molecular formula is C33H56O. The molecule has 0 spiro atoms. The second kappa shape index (κ2) is 11.1. The van der Waals surface area contributed by atoms with Crippen LogP contribution in [0.15, 0.2) is 0 Å². The van der Waals surface area contributed by atoms with Crippen LogP contribution in [0.25, 0.3) is 0 Å². The van der Waals surface area contributed by atoms with Gasteiger partial charge < -0.3 is 4.74 Å². The predicted molar refractivity (Wildman–Crippen MR) is 143 cm³/mol. The lowest BCUT2D eigenvalue weighted by atomic mass is 9.51. The van der Waals surface area contributed by atoms with Gasteiger partial charge in [-0.1, -0.05) is 71.1 Å². The van der Waals surface area contributed by atoms with E-state index in [0.717, 1.165) is 65.8 Å². The lowest BCUT2D eigenvalue weighted by Crippen LogP contribution is -2.51. The topological polar surface area (TPSA) is 9.23 Å². The van der Waals surface area contributed by atoms with E-state index in [2.05, 4.69) is 6.92 Å². The van der Waals surface area contributed by atoms with Crippen molar-refractivity contribution < 1.29 is 4.74 Å². The summed E-state index contributed by atoms with van der Waals surface area (Å²) in [6, 6.07) is 0. The summed E-state index contributed by atoms with van der Waals surface area (Å²) in [5, 5.41) is 0. The number of ether oxygens (including phenoxy) is 1. The van der Waals surface area contributed by atoms with Crippen molar-refractivity contribution in [2.45, 2.75) is 141 Å². The van der Waals surface area contributed by atoms with Gasteiger partial charge in [0.05, 0.1) is 12.7 Å². The van der Waals surface area contributed by atoms with Crippen LogP contribution in [0.4, 0.5) is 0 Å². The molecule has 5 saturated carbocycles. The van der Waals surface area contributed by atoms with Crippen LogP contribution in [-0.4, -0.2) is 12.7 Å². The van der Waals surface area contributed by atoms with Crippen LogP contribution in [0, 0.1) is 59.2 Å². The van der Waals surface area contributed by atoms with E-state index in [1.54, 1.807) is 44.9 Å². The Morgan fingerprint density at radius 3 is 1.76 bits per heavy atom. The van der Waals surface area contributed by atoms with Crippen molar-refractivity contribution in [1.82, 2.24) is 0 Å². The molecule has 0 bridgehead atoms. The van der Waals surface area contributed by atoms with Crippen LogP contribution in [-0.2, 0) is 4.74 Å². The minimum absolute atomic E-state index is 0.615. The minimum Gasteiger partial charge on any atom is -0.378 e. The molecule has 1 nitrogen and oxygen atoms in total. The lowest BCUT2D eigenvalue weighted by molar-refractivity contribution is -0.125. The van der Waals surface area contributed by atoms with E-state index in [-0.39, 0.29) is 0 Å². The van der Waals surface area contributed by atoms with Gasteiger partial charge in [0, 0.05) is 0 Å². The molecule has 6 aliphatic rings. The summed E-state index contributed by atoms with van der Waals surface area (Å²) >= 11 is 0. The third-order valence-corrected chi connectivity index (χ3v) is 12.8. The first-order chi connectivity index (χ1) is 16.8. The Morgan fingerprint density at radius 1 is 0.500 bits per heavy atom. The van der Waals surface area contributed by atoms with Crippen LogP contribution < -0.4 is 0 Å². The molecule has 0 radical (unpaired) electrons. The van der Waals surface area contributed by atoms with Crippen LogP contribution in [0.5, 0.6) is 0 Å². The van der Waals surface area contributed by atoms with Crippen LogP contribution in [0.2, 0.25) is 0 Å². The van der Waals surface area contributed by atoms with Crippen molar-refractivity contribution in [1.29, 1.82) is 0 Å². The van der Waals surface area contributed by atoms with Crippen LogP contribution in [0.3, 0.4) is 0 Å². The highest BCUT2D eigenvalue weighted by Crippen LogP contribution is 2.58. The minimum atomic E-state index is 0.615. The highest BCUT2D eigenvalue weighted by atomic mass is 16.5. The molecule has 194 valence electrons. The Labute approximate surface area is 211 Å². The summed E-state index contributed by atoms with van der Waals surface area (Å²) in [6.07, 6.45) is 30.9. The van der Waals surface area contributed by atoms with Crippen molar-refractivity contribution in [3.8, 4) is 0 Å². The number of rotatable bonds is 3. The predicted octanol–water partition coefficient (Wildman–Crippen LogP) is 9.44. The van der Waals surface area contributed by atoms with Gasteiger partial charge >= 0.3 is 0 Å². The molecule has 34 heavy (non-hydrogen) atoms. The molecule has 1 aliphatic heterocycles. The van der Waals surface area contributed by atoms with Crippen molar-refractivity contribution >= 4 is 0 Å². The zero-order valence-corrected chi connectivity index (χ0v) is 22.6. The normalized spacial score (nSPS) is 49.9. The van der Waals surface area contributed by atoms with Crippen molar-refractivity contribution in [2.24, 2.45) is 59.2 Å². The molecule has 5 aliphatic carbocycles. The SMILES string of the molecule is CCCC1CCC(C2CCC3CCC4CCCCC4C3C3C(CCC4CCCCC43)OC2)CC1. The molecule has 9 unspecified atom stereocenters. The second-order valence-electron chi connectivity index (χ2n) is 14.3. The smallest absolute Gasteiger partial charge is 0.0609 e. The fourth-order valence-electron chi connectivity index (χ4n) is 11.2. The van der Waals surface area contributed by atoms with Gasteiger partial charge in [-0.2, -0.15) is 0 Å². The molecule has 0 N–H and O–H groups in total. The van der Waals surface area contributed by atoms with Gasteiger partial charge in [-0.3, -0.25) is 0 Å². The van der Waals surface area contributed by atoms with Gasteiger partial charge in [-0.25, -0.2) is 0 Å². The van der Waals surface area contributed by atoms with Gasteiger partial charge in [-0.05, 0) is 123 Å². The van der Waals surface area contributed by atoms with Crippen molar-refractivity contribution in [3.05, 3.63) is 0 Å². The summed E-state index contributed by atoms with van der Waals surface area (Å²) < 4.78 is 7.18. The molecule has 0 aromatic carbocycles. The van der Waals surface area contributed by atoms with E-state index in [1.165, 1.54) is 83.5 Å². The van der Waals surface area contributed by atoms with Gasteiger partial charge in [-0.15, -0.1) is 0 Å². The van der Waals surface area contributed by atoms with Crippen molar-refractivity contribution in [2.75, 3.05) is 6.61 Å². The molecule has 1 saturated heterocycles. The first-order valence-electron chi connectivity index (χ1n) is 16.4. The highest BCUT2D eigenvalue weighted by molar-refractivity contribution is 5.01. The third-order valence-electron chi connectivity index (χ3n) is 12.8. The van der Waals surface area contributed by atoms with Gasteiger partial charge in [0.2, 0.25) is 0 Å². The van der Waals surface area contributed by atoms with Crippen LogP contribution in [0.1, 0.15) is 135 Å². The Morgan fingerprint density at radius 2 is 1.06 bits per heavy atom. The fraction of sp³-hybridized carbons (Fsp3) is 1.00. The molecule has 0 aromatic rings. The molecule has 0 amide bonds. The average molecular weight is 469 g/mol. The summed E-state index contributed by atoms with van der Waals surface area (Å²) in [6.45, 7) is 3.50. The molecule has 1 heterocycles.